The number of phenols is 1. The number of rotatable bonds is 3. The Hall–Kier alpha value is -2.28. The fourth-order valence-electron chi connectivity index (χ4n) is 2.36. The van der Waals surface area contributed by atoms with Crippen LogP contribution in [0.5, 0.6) is 5.75 Å². The minimum Gasteiger partial charge on any atom is -0.507 e. The fraction of sp³-hybridized carbons (Fsp3) is 0.429. The second-order valence-corrected chi connectivity index (χ2v) is 5.20. The van der Waals surface area contributed by atoms with Crippen molar-refractivity contribution in [3.8, 4) is 5.75 Å². The standard InChI is InChI=1S/C14H18N2O5/c1-8(17)9-4-5-16(7-9)14(21)15-10-2-3-11(13(19)20)12(18)6-10/h2-3,6,8-9,17-18H,4-5,7H2,1H3,(H,15,21)(H,19,20). The van der Waals surface area contributed by atoms with E-state index in [1.807, 2.05) is 0 Å². The summed E-state index contributed by atoms with van der Waals surface area (Å²) in [5.41, 5.74) is 0.103. The number of aliphatic hydroxyl groups is 1. The van der Waals surface area contributed by atoms with Gasteiger partial charge in [-0.15, -0.1) is 0 Å². The number of hydrogen-bond donors (Lipinski definition) is 4. The number of aliphatic hydroxyl groups excluding tert-OH is 1. The maximum absolute atomic E-state index is 12.0. The zero-order chi connectivity index (χ0) is 15.6. The molecule has 21 heavy (non-hydrogen) atoms. The topological polar surface area (TPSA) is 110 Å². The van der Waals surface area contributed by atoms with Gasteiger partial charge in [0.15, 0.2) is 0 Å². The average molecular weight is 294 g/mol. The number of carbonyl (C=O) groups is 2. The van der Waals surface area contributed by atoms with Gasteiger partial charge >= 0.3 is 12.0 Å². The number of carboxylic acids is 1. The second-order valence-electron chi connectivity index (χ2n) is 5.20. The lowest BCUT2D eigenvalue weighted by Gasteiger charge is -2.18. The van der Waals surface area contributed by atoms with E-state index in [2.05, 4.69) is 5.32 Å². The summed E-state index contributed by atoms with van der Waals surface area (Å²) in [5.74, 6) is -1.56. The summed E-state index contributed by atoms with van der Waals surface area (Å²) in [6, 6.07) is 3.52. The highest BCUT2D eigenvalue weighted by Gasteiger charge is 2.29. The van der Waals surface area contributed by atoms with Crippen LogP contribution in [0.4, 0.5) is 10.5 Å². The van der Waals surface area contributed by atoms with Gasteiger partial charge in [-0.1, -0.05) is 0 Å². The summed E-state index contributed by atoms with van der Waals surface area (Å²) >= 11 is 0. The molecule has 2 atom stereocenters. The van der Waals surface area contributed by atoms with Crippen LogP contribution >= 0.6 is 0 Å². The first kappa shape index (κ1) is 15.1. The SMILES string of the molecule is CC(O)C1CCN(C(=O)Nc2ccc(C(=O)O)c(O)c2)C1. The quantitative estimate of drug-likeness (QED) is 0.672. The van der Waals surface area contributed by atoms with Crippen molar-refractivity contribution in [1.82, 2.24) is 4.90 Å². The molecule has 1 fully saturated rings. The highest BCUT2D eigenvalue weighted by atomic mass is 16.4. The Kier molecular flexibility index (Phi) is 4.32. The molecule has 1 saturated heterocycles. The number of aromatic carboxylic acids is 1. The van der Waals surface area contributed by atoms with Gasteiger partial charge in [0.25, 0.3) is 0 Å². The molecule has 1 aliphatic heterocycles. The maximum Gasteiger partial charge on any atom is 0.339 e. The number of carboxylic acid groups (broad SMARTS) is 1. The van der Waals surface area contributed by atoms with E-state index in [0.717, 1.165) is 6.42 Å². The third kappa shape index (κ3) is 3.43. The van der Waals surface area contributed by atoms with Crippen molar-refractivity contribution in [1.29, 1.82) is 0 Å². The van der Waals surface area contributed by atoms with Crippen LogP contribution in [0, 0.1) is 5.92 Å². The number of carbonyl (C=O) groups excluding carboxylic acids is 1. The number of aromatic hydroxyl groups is 1. The number of nitrogens with one attached hydrogen (secondary N) is 1. The van der Waals surface area contributed by atoms with Gasteiger partial charge in [0.05, 0.1) is 6.10 Å². The first-order chi connectivity index (χ1) is 9.88. The highest BCUT2D eigenvalue weighted by molar-refractivity contribution is 5.94. The predicted molar refractivity (Wildman–Crippen MR) is 75.4 cm³/mol. The number of anilines is 1. The van der Waals surface area contributed by atoms with Crippen molar-refractivity contribution in [3.63, 3.8) is 0 Å². The van der Waals surface area contributed by atoms with Crippen LogP contribution in [0.3, 0.4) is 0 Å². The summed E-state index contributed by atoms with van der Waals surface area (Å²) in [4.78, 5) is 24.4. The van der Waals surface area contributed by atoms with Gasteiger partial charge in [0.2, 0.25) is 0 Å². The van der Waals surface area contributed by atoms with Gasteiger partial charge in [0, 0.05) is 30.8 Å². The van der Waals surface area contributed by atoms with Crippen LogP contribution in [0.15, 0.2) is 18.2 Å². The van der Waals surface area contributed by atoms with Gasteiger partial charge in [-0.25, -0.2) is 9.59 Å². The number of likely N-dealkylation sites (tertiary alicyclic amines) is 1. The molecule has 0 aliphatic carbocycles. The molecule has 114 valence electrons. The van der Waals surface area contributed by atoms with Crippen molar-refractivity contribution in [2.45, 2.75) is 19.4 Å². The molecule has 7 heteroatoms. The van der Waals surface area contributed by atoms with E-state index in [-0.39, 0.29) is 17.5 Å². The Morgan fingerprint density at radius 1 is 1.43 bits per heavy atom. The molecule has 0 spiro atoms. The molecule has 0 bridgehead atoms. The summed E-state index contributed by atoms with van der Waals surface area (Å²) in [6.45, 7) is 2.73. The van der Waals surface area contributed by atoms with Crippen LogP contribution in [0.2, 0.25) is 0 Å². The lowest BCUT2D eigenvalue weighted by Crippen LogP contribution is -2.34. The van der Waals surface area contributed by atoms with Crippen molar-refractivity contribution in [2.24, 2.45) is 5.92 Å². The van der Waals surface area contributed by atoms with Crippen LogP contribution in [-0.4, -0.2) is 51.4 Å². The van der Waals surface area contributed by atoms with Crippen LogP contribution in [0.1, 0.15) is 23.7 Å². The lowest BCUT2D eigenvalue weighted by atomic mass is 10.0. The molecule has 4 N–H and O–H groups in total. The molecule has 0 radical (unpaired) electrons. The summed E-state index contributed by atoms with van der Waals surface area (Å²) in [5, 5.41) is 30.5. The van der Waals surface area contributed by atoms with E-state index in [1.165, 1.54) is 18.2 Å². The number of urea groups is 1. The minimum absolute atomic E-state index is 0.0681. The Morgan fingerprint density at radius 2 is 2.14 bits per heavy atom. The molecule has 2 rings (SSSR count). The van der Waals surface area contributed by atoms with Crippen molar-refractivity contribution >= 4 is 17.7 Å². The molecule has 0 aromatic heterocycles. The van der Waals surface area contributed by atoms with Crippen molar-refractivity contribution in [2.75, 3.05) is 18.4 Å². The van der Waals surface area contributed by atoms with Gasteiger partial charge < -0.3 is 25.5 Å². The zero-order valence-electron chi connectivity index (χ0n) is 11.6. The molecule has 0 saturated carbocycles. The maximum atomic E-state index is 12.0. The predicted octanol–water partition coefficient (Wildman–Crippen LogP) is 1.33. The molecule has 2 amide bonds. The Balaban J connectivity index is 2.00. The number of hydrogen-bond acceptors (Lipinski definition) is 4. The molecule has 2 unspecified atom stereocenters. The fourth-order valence-corrected chi connectivity index (χ4v) is 2.36. The molecule has 7 nitrogen and oxygen atoms in total. The second kappa shape index (κ2) is 6.01. The first-order valence-corrected chi connectivity index (χ1v) is 6.68. The summed E-state index contributed by atoms with van der Waals surface area (Å²) in [6.07, 6.45) is 0.288. The van der Waals surface area contributed by atoms with Crippen LogP contribution in [-0.2, 0) is 0 Å². The number of amides is 2. The normalized spacial score (nSPS) is 19.3. The van der Waals surface area contributed by atoms with E-state index in [1.54, 1.807) is 11.8 Å². The summed E-state index contributed by atoms with van der Waals surface area (Å²) in [7, 11) is 0. The Morgan fingerprint density at radius 3 is 2.67 bits per heavy atom. The molecule has 1 aromatic carbocycles. The first-order valence-electron chi connectivity index (χ1n) is 6.68. The van der Waals surface area contributed by atoms with Crippen LogP contribution in [0.25, 0.3) is 0 Å². The van der Waals surface area contributed by atoms with Crippen LogP contribution < -0.4 is 5.32 Å². The average Bonchev–Trinajstić information content (AvgIpc) is 2.88. The monoisotopic (exact) mass is 294 g/mol. The minimum atomic E-state index is -1.23. The van der Waals surface area contributed by atoms with E-state index < -0.39 is 17.8 Å². The third-order valence-electron chi connectivity index (χ3n) is 3.67. The van der Waals surface area contributed by atoms with Gasteiger partial charge in [0.1, 0.15) is 11.3 Å². The largest absolute Gasteiger partial charge is 0.507 e. The summed E-state index contributed by atoms with van der Waals surface area (Å²) < 4.78 is 0. The molecule has 1 aromatic rings. The molecular weight excluding hydrogens is 276 g/mol. The number of benzene rings is 1. The number of nitrogens with zero attached hydrogens (tertiary/aromatic N) is 1. The smallest absolute Gasteiger partial charge is 0.339 e. The Bertz CT molecular complexity index is 558. The molecular formula is C14H18N2O5. The van der Waals surface area contributed by atoms with Gasteiger partial charge in [-0.2, -0.15) is 0 Å². The van der Waals surface area contributed by atoms with Gasteiger partial charge in [-0.3, -0.25) is 0 Å². The Labute approximate surface area is 121 Å². The lowest BCUT2D eigenvalue weighted by molar-refractivity contribution is 0.0693. The van der Waals surface area contributed by atoms with E-state index in [0.29, 0.717) is 18.8 Å². The third-order valence-corrected chi connectivity index (χ3v) is 3.67. The van der Waals surface area contributed by atoms with E-state index in [9.17, 15) is 19.8 Å². The molecule has 1 aliphatic rings. The van der Waals surface area contributed by atoms with E-state index >= 15 is 0 Å². The molecule has 1 heterocycles. The van der Waals surface area contributed by atoms with E-state index in [4.69, 9.17) is 5.11 Å². The highest BCUT2D eigenvalue weighted by Crippen LogP contribution is 2.24. The van der Waals surface area contributed by atoms with Crippen molar-refractivity contribution < 1.29 is 24.9 Å². The van der Waals surface area contributed by atoms with Gasteiger partial charge in [-0.05, 0) is 25.5 Å². The zero-order valence-corrected chi connectivity index (χ0v) is 11.6. The van der Waals surface area contributed by atoms with Crippen molar-refractivity contribution in [3.05, 3.63) is 23.8 Å².